The summed E-state index contributed by atoms with van der Waals surface area (Å²) in [6.07, 6.45) is 0.825. The quantitative estimate of drug-likeness (QED) is 0.329. The van der Waals surface area contributed by atoms with Gasteiger partial charge in [-0.05, 0) is 18.3 Å². The Balaban J connectivity index is 5.12. The maximum absolute atomic E-state index is 12.6. The van der Waals surface area contributed by atoms with Crippen molar-refractivity contribution in [2.24, 2.45) is 17.6 Å². The van der Waals surface area contributed by atoms with Crippen LogP contribution < -0.4 is 16.4 Å². The zero-order valence-corrected chi connectivity index (χ0v) is 15.8. The summed E-state index contributed by atoms with van der Waals surface area (Å²) in [5, 5.41) is 23.0. The van der Waals surface area contributed by atoms with Gasteiger partial charge in [-0.2, -0.15) is 0 Å². The van der Waals surface area contributed by atoms with Crippen molar-refractivity contribution in [1.82, 2.24) is 10.6 Å². The summed E-state index contributed by atoms with van der Waals surface area (Å²) in [6.45, 7) is 7.14. The molecule has 0 unspecified atom stereocenters. The van der Waals surface area contributed by atoms with Crippen molar-refractivity contribution in [2.75, 3.05) is 0 Å². The molecule has 26 heavy (non-hydrogen) atoms. The van der Waals surface area contributed by atoms with E-state index in [2.05, 4.69) is 10.6 Å². The number of aliphatic carboxylic acids is 2. The van der Waals surface area contributed by atoms with Crippen molar-refractivity contribution in [3.8, 4) is 0 Å². The fourth-order valence-electron chi connectivity index (χ4n) is 2.30. The zero-order valence-electron chi connectivity index (χ0n) is 15.8. The third kappa shape index (κ3) is 7.81. The number of rotatable bonds is 12. The molecule has 0 fully saturated rings. The van der Waals surface area contributed by atoms with E-state index in [0.29, 0.717) is 12.8 Å². The molecule has 0 saturated carbocycles. The summed E-state index contributed by atoms with van der Waals surface area (Å²) in [7, 11) is 0. The first kappa shape index (κ1) is 23.8. The molecule has 0 aromatic carbocycles. The maximum Gasteiger partial charge on any atom is 0.326 e. The van der Waals surface area contributed by atoms with E-state index in [9.17, 15) is 24.3 Å². The highest BCUT2D eigenvalue weighted by Crippen LogP contribution is 2.12. The van der Waals surface area contributed by atoms with Crippen LogP contribution in [-0.2, 0) is 19.2 Å². The number of carboxylic acids is 2. The molecule has 9 nitrogen and oxygen atoms in total. The molecular formula is C17H31N3O6. The third-order valence-electron chi connectivity index (χ3n) is 4.58. The summed E-state index contributed by atoms with van der Waals surface area (Å²) in [5.74, 6) is -3.96. The van der Waals surface area contributed by atoms with Gasteiger partial charge in [-0.25, -0.2) is 4.79 Å². The van der Waals surface area contributed by atoms with Gasteiger partial charge in [0, 0.05) is 6.42 Å². The highest BCUT2D eigenvalue weighted by atomic mass is 16.4. The molecule has 0 radical (unpaired) electrons. The molecule has 0 spiro atoms. The van der Waals surface area contributed by atoms with Gasteiger partial charge >= 0.3 is 11.9 Å². The standard InChI is InChI=1S/C17H31N3O6/c1-5-9(3)13(19-15(23)11(18)7-8-12(21)22)16(24)20-14(17(25)26)10(4)6-2/h9-11,13-14H,5-8,18H2,1-4H3,(H,19,23)(H,20,24)(H,21,22)(H,25,26)/t9-,10-,11-,13-,14-/m0/s1. The molecule has 0 saturated heterocycles. The van der Waals surface area contributed by atoms with Crippen LogP contribution in [0, 0.1) is 11.8 Å². The van der Waals surface area contributed by atoms with E-state index in [1.54, 1.807) is 13.8 Å². The first-order valence-corrected chi connectivity index (χ1v) is 8.85. The van der Waals surface area contributed by atoms with Gasteiger partial charge in [-0.15, -0.1) is 0 Å². The van der Waals surface area contributed by atoms with E-state index in [-0.39, 0.29) is 24.7 Å². The lowest BCUT2D eigenvalue weighted by Gasteiger charge is -2.28. The number of nitrogens with two attached hydrogens (primary N) is 1. The molecule has 0 aromatic heterocycles. The lowest BCUT2D eigenvalue weighted by Crippen LogP contribution is -2.57. The maximum atomic E-state index is 12.6. The molecular weight excluding hydrogens is 342 g/mol. The van der Waals surface area contributed by atoms with Crippen molar-refractivity contribution in [3.05, 3.63) is 0 Å². The van der Waals surface area contributed by atoms with Crippen LogP contribution in [-0.4, -0.2) is 52.1 Å². The molecule has 0 aromatic rings. The zero-order chi connectivity index (χ0) is 20.4. The Morgan fingerprint density at radius 3 is 1.77 bits per heavy atom. The Kier molecular flexibility index (Phi) is 10.5. The van der Waals surface area contributed by atoms with Gasteiger partial charge in [-0.1, -0.05) is 40.5 Å². The van der Waals surface area contributed by atoms with Crippen molar-refractivity contribution < 1.29 is 29.4 Å². The summed E-state index contributed by atoms with van der Waals surface area (Å²) >= 11 is 0. The summed E-state index contributed by atoms with van der Waals surface area (Å²) in [4.78, 5) is 46.7. The van der Waals surface area contributed by atoms with Crippen LogP contribution in [0.5, 0.6) is 0 Å². The van der Waals surface area contributed by atoms with Crippen LogP contribution in [0.4, 0.5) is 0 Å². The minimum absolute atomic E-state index is 0.0549. The Labute approximate surface area is 153 Å². The predicted molar refractivity (Wildman–Crippen MR) is 95.3 cm³/mol. The Morgan fingerprint density at radius 2 is 1.35 bits per heavy atom. The fraction of sp³-hybridized carbons (Fsp3) is 0.765. The average Bonchev–Trinajstić information content (AvgIpc) is 2.59. The fourth-order valence-corrected chi connectivity index (χ4v) is 2.30. The number of hydrogen-bond acceptors (Lipinski definition) is 5. The minimum Gasteiger partial charge on any atom is -0.481 e. The lowest BCUT2D eigenvalue weighted by molar-refractivity contribution is -0.144. The van der Waals surface area contributed by atoms with E-state index in [0.717, 1.165) is 0 Å². The second-order valence-electron chi connectivity index (χ2n) is 6.62. The average molecular weight is 373 g/mol. The highest BCUT2D eigenvalue weighted by Gasteiger charge is 2.32. The highest BCUT2D eigenvalue weighted by molar-refractivity contribution is 5.92. The van der Waals surface area contributed by atoms with Crippen molar-refractivity contribution in [2.45, 2.75) is 71.5 Å². The largest absolute Gasteiger partial charge is 0.481 e. The number of amides is 2. The van der Waals surface area contributed by atoms with Gasteiger partial charge < -0.3 is 26.6 Å². The van der Waals surface area contributed by atoms with Crippen molar-refractivity contribution >= 4 is 23.8 Å². The van der Waals surface area contributed by atoms with Gasteiger partial charge in [0.1, 0.15) is 12.1 Å². The Morgan fingerprint density at radius 1 is 0.885 bits per heavy atom. The second kappa shape index (κ2) is 11.5. The monoisotopic (exact) mass is 373 g/mol. The van der Waals surface area contributed by atoms with Gasteiger partial charge in [0.15, 0.2) is 0 Å². The van der Waals surface area contributed by atoms with E-state index >= 15 is 0 Å². The van der Waals surface area contributed by atoms with Crippen LogP contribution in [0.3, 0.4) is 0 Å². The predicted octanol–water partition coefficient (Wildman–Crippen LogP) is 0.325. The number of carboxylic acid groups (broad SMARTS) is 2. The van der Waals surface area contributed by atoms with Crippen LogP contribution >= 0.6 is 0 Å². The van der Waals surface area contributed by atoms with Crippen LogP contribution in [0.15, 0.2) is 0 Å². The summed E-state index contributed by atoms with van der Waals surface area (Å²) in [5.41, 5.74) is 5.67. The first-order chi connectivity index (χ1) is 12.0. The number of nitrogens with one attached hydrogen (secondary N) is 2. The summed E-state index contributed by atoms with van der Waals surface area (Å²) in [6, 6.07) is -3.07. The molecule has 0 aliphatic heterocycles. The Bertz CT molecular complexity index is 511. The van der Waals surface area contributed by atoms with E-state index < -0.39 is 41.9 Å². The molecule has 2 amide bonds. The van der Waals surface area contributed by atoms with E-state index in [1.807, 2.05) is 13.8 Å². The SMILES string of the molecule is CC[C@H](C)[C@H](NC(=O)[C@@H](NC(=O)[C@@H](N)CCC(=O)O)[C@@H](C)CC)C(=O)O. The Hall–Kier alpha value is -2.16. The normalized spacial score (nSPS) is 16.7. The molecule has 6 N–H and O–H groups in total. The number of carbonyl (C=O) groups excluding carboxylic acids is 2. The number of carbonyl (C=O) groups is 4. The van der Waals surface area contributed by atoms with Gasteiger partial charge in [0.25, 0.3) is 0 Å². The van der Waals surface area contributed by atoms with Crippen LogP contribution in [0.25, 0.3) is 0 Å². The van der Waals surface area contributed by atoms with Gasteiger partial charge in [-0.3, -0.25) is 14.4 Å². The van der Waals surface area contributed by atoms with Gasteiger partial charge in [0.2, 0.25) is 11.8 Å². The minimum atomic E-state index is -1.14. The van der Waals surface area contributed by atoms with Crippen molar-refractivity contribution in [1.29, 1.82) is 0 Å². The molecule has 0 heterocycles. The number of hydrogen-bond donors (Lipinski definition) is 5. The topological polar surface area (TPSA) is 159 Å². The second-order valence-corrected chi connectivity index (χ2v) is 6.62. The molecule has 0 aliphatic carbocycles. The molecule has 0 rings (SSSR count). The summed E-state index contributed by atoms with van der Waals surface area (Å²) < 4.78 is 0. The van der Waals surface area contributed by atoms with Crippen molar-refractivity contribution in [3.63, 3.8) is 0 Å². The van der Waals surface area contributed by atoms with E-state index in [1.165, 1.54) is 0 Å². The lowest BCUT2D eigenvalue weighted by atomic mass is 9.95. The first-order valence-electron chi connectivity index (χ1n) is 8.85. The molecule has 0 bridgehead atoms. The molecule has 5 atom stereocenters. The third-order valence-corrected chi connectivity index (χ3v) is 4.58. The van der Waals surface area contributed by atoms with E-state index in [4.69, 9.17) is 10.8 Å². The van der Waals surface area contributed by atoms with Gasteiger partial charge in [0.05, 0.1) is 6.04 Å². The van der Waals surface area contributed by atoms with Crippen LogP contribution in [0.2, 0.25) is 0 Å². The molecule has 0 aliphatic rings. The smallest absolute Gasteiger partial charge is 0.326 e. The van der Waals surface area contributed by atoms with Crippen LogP contribution in [0.1, 0.15) is 53.4 Å². The molecule has 150 valence electrons. The molecule has 9 heteroatoms.